The maximum atomic E-state index is 13.5. The summed E-state index contributed by atoms with van der Waals surface area (Å²) < 4.78 is 32.6. The SMILES string of the molecule is C[C@@H](Oc1cc(Br)cc(F)c1F)c1ccccc1. The summed E-state index contributed by atoms with van der Waals surface area (Å²) in [6.07, 6.45) is -0.352. The topological polar surface area (TPSA) is 9.23 Å². The van der Waals surface area contributed by atoms with Gasteiger partial charge >= 0.3 is 0 Å². The molecule has 0 saturated carbocycles. The highest BCUT2D eigenvalue weighted by molar-refractivity contribution is 9.10. The fraction of sp³-hybridized carbons (Fsp3) is 0.143. The van der Waals surface area contributed by atoms with Crippen molar-refractivity contribution in [2.45, 2.75) is 13.0 Å². The molecule has 0 aromatic heterocycles. The van der Waals surface area contributed by atoms with Crippen LogP contribution in [0.1, 0.15) is 18.6 Å². The summed E-state index contributed by atoms with van der Waals surface area (Å²) in [7, 11) is 0. The molecule has 0 amide bonds. The molecule has 94 valence electrons. The van der Waals surface area contributed by atoms with E-state index in [1.54, 1.807) is 6.92 Å². The molecule has 2 rings (SSSR count). The van der Waals surface area contributed by atoms with Gasteiger partial charge in [0.1, 0.15) is 6.10 Å². The molecule has 2 aromatic carbocycles. The van der Waals surface area contributed by atoms with Crippen molar-refractivity contribution in [1.82, 2.24) is 0 Å². The Kier molecular flexibility index (Phi) is 3.97. The lowest BCUT2D eigenvalue weighted by Gasteiger charge is -2.16. The predicted molar refractivity (Wildman–Crippen MR) is 69.5 cm³/mol. The number of rotatable bonds is 3. The van der Waals surface area contributed by atoms with E-state index in [-0.39, 0.29) is 11.9 Å². The van der Waals surface area contributed by atoms with E-state index in [9.17, 15) is 8.78 Å². The predicted octanol–water partition coefficient (Wildman–Crippen LogP) is 4.87. The Morgan fingerprint density at radius 3 is 2.44 bits per heavy atom. The quantitative estimate of drug-likeness (QED) is 0.735. The van der Waals surface area contributed by atoms with Crippen molar-refractivity contribution in [3.05, 3.63) is 64.1 Å². The second kappa shape index (κ2) is 5.48. The van der Waals surface area contributed by atoms with Gasteiger partial charge in [-0.15, -0.1) is 0 Å². The lowest BCUT2D eigenvalue weighted by Crippen LogP contribution is -2.05. The third kappa shape index (κ3) is 2.88. The van der Waals surface area contributed by atoms with Gasteiger partial charge in [0.15, 0.2) is 11.6 Å². The van der Waals surface area contributed by atoms with Crippen LogP contribution < -0.4 is 4.74 Å². The highest BCUT2D eigenvalue weighted by Gasteiger charge is 2.14. The van der Waals surface area contributed by atoms with Crippen molar-refractivity contribution in [3.63, 3.8) is 0 Å². The highest BCUT2D eigenvalue weighted by Crippen LogP contribution is 2.29. The smallest absolute Gasteiger partial charge is 0.200 e. The zero-order chi connectivity index (χ0) is 13.1. The van der Waals surface area contributed by atoms with Gasteiger partial charge in [-0.1, -0.05) is 46.3 Å². The van der Waals surface area contributed by atoms with E-state index in [1.165, 1.54) is 6.07 Å². The summed E-state index contributed by atoms with van der Waals surface area (Å²) >= 11 is 3.11. The van der Waals surface area contributed by atoms with Crippen LogP contribution in [0.4, 0.5) is 8.78 Å². The Labute approximate surface area is 113 Å². The molecule has 0 unspecified atom stereocenters. The van der Waals surface area contributed by atoms with Gasteiger partial charge in [0, 0.05) is 4.47 Å². The number of halogens is 3. The fourth-order valence-electron chi connectivity index (χ4n) is 1.60. The molecule has 0 spiro atoms. The van der Waals surface area contributed by atoms with Gasteiger partial charge in [0.2, 0.25) is 5.82 Å². The summed E-state index contributed by atoms with van der Waals surface area (Å²) in [5, 5.41) is 0. The maximum absolute atomic E-state index is 13.5. The second-order valence-electron chi connectivity index (χ2n) is 3.87. The molecule has 2 aromatic rings. The number of benzene rings is 2. The van der Waals surface area contributed by atoms with Crippen LogP contribution in [0, 0.1) is 11.6 Å². The Balaban J connectivity index is 2.24. The maximum Gasteiger partial charge on any atom is 0.200 e. The van der Waals surface area contributed by atoms with Crippen LogP contribution >= 0.6 is 15.9 Å². The molecule has 0 aliphatic carbocycles. The van der Waals surface area contributed by atoms with Gasteiger partial charge in [0.05, 0.1) is 0 Å². The summed E-state index contributed by atoms with van der Waals surface area (Å²) in [4.78, 5) is 0. The molecule has 0 aliphatic rings. The zero-order valence-electron chi connectivity index (χ0n) is 9.66. The van der Waals surface area contributed by atoms with E-state index in [2.05, 4.69) is 15.9 Å². The van der Waals surface area contributed by atoms with Crippen LogP contribution in [0.15, 0.2) is 46.9 Å². The molecule has 18 heavy (non-hydrogen) atoms. The monoisotopic (exact) mass is 312 g/mol. The first-order valence-corrected chi connectivity index (χ1v) is 6.23. The number of hydrogen-bond acceptors (Lipinski definition) is 1. The Morgan fingerprint density at radius 1 is 1.11 bits per heavy atom. The lowest BCUT2D eigenvalue weighted by molar-refractivity contribution is 0.213. The van der Waals surface area contributed by atoms with Crippen molar-refractivity contribution in [2.24, 2.45) is 0 Å². The van der Waals surface area contributed by atoms with Crippen LogP contribution in [-0.4, -0.2) is 0 Å². The van der Waals surface area contributed by atoms with E-state index in [0.29, 0.717) is 4.47 Å². The average molecular weight is 313 g/mol. The van der Waals surface area contributed by atoms with Crippen LogP contribution in [0.5, 0.6) is 5.75 Å². The second-order valence-corrected chi connectivity index (χ2v) is 4.79. The van der Waals surface area contributed by atoms with Crippen molar-refractivity contribution in [3.8, 4) is 5.75 Å². The molecule has 1 atom stereocenters. The lowest BCUT2D eigenvalue weighted by atomic mass is 10.1. The third-order valence-electron chi connectivity index (χ3n) is 2.53. The van der Waals surface area contributed by atoms with Crippen molar-refractivity contribution < 1.29 is 13.5 Å². The van der Waals surface area contributed by atoms with E-state index in [0.717, 1.165) is 11.6 Å². The van der Waals surface area contributed by atoms with E-state index < -0.39 is 11.6 Å². The van der Waals surface area contributed by atoms with Crippen LogP contribution in [0.2, 0.25) is 0 Å². The van der Waals surface area contributed by atoms with Crippen LogP contribution in [0.3, 0.4) is 0 Å². The molecule has 1 nitrogen and oxygen atoms in total. The molecule has 0 fully saturated rings. The van der Waals surface area contributed by atoms with Crippen LogP contribution in [0.25, 0.3) is 0 Å². The summed E-state index contributed by atoms with van der Waals surface area (Å²) in [5.74, 6) is -2.00. The molecular weight excluding hydrogens is 302 g/mol. The minimum Gasteiger partial charge on any atom is -0.483 e. The first-order valence-electron chi connectivity index (χ1n) is 5.44. The first kappa shape index (κ1) is 13.0. The van der Waals surface area contributed by atoms with E-state index in [1.807, 2.05) is 30.3 Å². The van der Waals surface area contributed by atoms with Crippen molar-refractivity contribution in [1.29, 1.82) is 0 Å². The van der Waals surface area contributed by atoms with E-state index >= 15 is 0 Å². The third-order valence-corrected chi connectivity index (χ3v) is 2.99. The Bertz CT molecular complexity index is 543. The molecule has 0 N–H and O–H groups in total. The minimum atomic E-state index is -0.971. The molecule has 0 radical (unpaired) electrons. The average Bonchev–Trinajstić information content (AvgIpc) is 2.36. The molecule has 0 aliphatic heterocycles. The molecule has 0 heterocycles. The Morgan fingerprint density at radius 2 is 1.78 bits per heavy atom. The summed E-state index contributed by atoms with van der Waals surface area (Å²) in [6, 6.07) is 11.8. The van der Waals surface area contributed by atoms with Gasteiger partial charge in [-0.25, -0.2) is 4.39 Å². The minimum absolute atomic E-state index is 0.0989. The highest BCUT2D eigenvalue weighted by atomic mass is 79.9. The molecule has 4 heteroatoms. The molecular formula is C14H11BrF2O. The largest absolute Gasteiger partial charge is 0.483 e. The normalized spacial score (nSPS) is 12.2. The molecule has 0 bridgehead atoms. The van der Waals surface area contributed by atoms with Gasteiger partial charge in [-0.2, -0.15) is 4.39 Å². The Hall–Kier alpha value is -1.42. The first-order chi connectivity index (χ1) is 8.58. The zero-order valence-corrected chi connectivity index (χ0v) is 11.2. The van der Waals surface area contributed by atoms with Gasteiger partial charge in [-0.3, -0.25) is 0 Å². The van der Waals surface area contributed by atoms with Crippen molar-refractivity contribution >= 4 is 15.9 Å². The number of hydrogen-bond donors (Lipinski definition) is 0. The number of ether oxygens (including phenoxy) is 1. The van der Waals surface area contributed by atoms with Crippen molar-refractivity contribution in [2.75, 3.05) is 0 Å². The van der Waals surface area contributed by atoms with E-state index in [4.69, 9.17) is 4.74 Å². The summed E-state index contributed by atoms with van der Waals surface area (Å²) in [6.45, 7) is 1.79. The van der Waals surface area contributed by atoms with Gasteiger partial charge in [0.25, 0.3) is 0 Å². The standard InChI is InChI=1S/C14H11BrF2O/c1-9(10-5-3-2-4-6-10)18-13-8-11(15)7-12(16)14(13)17/h2-9H,1H3/t9-/m1/s1. The fourth-order valence-corrected chi connectivity index (χ4v) is 2.01. The van der Waals surface area contributed by atoms with Crippen LogP contribution in [-0.2, 0) is 0 Å². The summed E-state index contributed by atoms with van der Waals surface area (Å²) in [5.41, 5.74) is 0.900. The van der Waals surface area contributed by atoms with Gasteiger partial charge in [-0.05, 0) is 24.6 Å². The molecule has 0 saturated heterocycles. The van der Waals surface area contributed by atoms with Gasteiger partial charge < -0.3 is 4.74 Å².